The molecule has 0 saturated heterocycles. The number of rotatable bonds is 5. The second kappa shape index (κ2) is 4.83. The van der Waals surface area contributed by atoms with Gasteiger partial charge in [0.05, 0.1) is 6.04 Å². The van der Waals surface area contributed by atoms with Crippen LogP contribution in [0.15, 0.2) is 6.33 Å². The van der Waals surface area contributed by atoms with Crippen molar-refractivity contribution in [2.45, 2.75) is 45.3 Å². The van der Waals surface area contributed by atoms with Gasteiger partial charge in [0.2, 0.25) is 5.91 Å². The average molecular weight is 237 g/mol. The Hall–Kier alpha value is -1.43. The van der Waals surface area contributed by atoms with Crippen LogP contribution in [0.2, 0.25) is 0 Å². The van der Waals surface area contributed by atoms with Gasteiger partial charge in [-0.05, 0) is 26.7 Å². The van der Waals surface area contributed by atoms with Crippen molar-refractivity contribution >= 4 is 5.91 Å². The Bertz CT molecular complexity index is 396. The molecule has 1 aromatic heterocycles. The highest BCUT2D eigenvalue weighted by atomic mass is 16.2. The number of hydrogen-bond donors (Lipinski definition) is 1. The molecule has 0 spiro atoms. The molecule has 6 nitrogen and oxygen atoms in total. The number of likely N-dealkylation sites (N-methyl/N-ethyl adjacent to an activating group) is 1. The van der Waals surface area contributed by atoms with Gasteiger partial charge < -0.3 is 10.6 Å². The third-order valence-corrected chi connectivity index (χ3v) is 2.91. The van der Waals surface area contributed by atoms with Gasteiger partial charge in [0.25, 0.3) is 0 Å². The van der Waals surface area contributed by atoms with Gasteiger partial charge in [-0.25, -0.2) is 9.67 Å². The summed E-state index contributed by atoms with van der Waals surface area (Å²) in [7, 11) is 0. The molecule has 0 bridgehead atoms. The predicted octanol–water partition coefficient (Wildman–Crippen LogP) is 0.309. The summed E-state index contributed by atoms with van der Waals surface area (Å²) in [6.07, 6.45) is 3.82. The van der Waals surface area contributed by atoms with E-state index >= 15 is 0 Å². The molecule has 0 radical (unpaired) electrons. The minimum absolute atomic E-state index is 0.108. The van der Waals surface area contributed by atoms with Crippen molar-refractivity contribution in [3.63, 3.8) is 0 Å². The minimum Gasteiger partial charge on any atom is -0.338 e. The number of carbonyl (C=O) groups is 1. The number of carbonyl (C=O) groups excluding carboxylic acids is 1. The summed E-state index contributed by atoms with van der Waals surface area (Å²) < 4.78 is 1.56. The van der Waals surface area contributed by atoms with Crippen molar-refractivity contribution in [2.24, 2.45) is 5.73 Å². The summed E-state index contributed by atoms with van der Waals surface area (Å²) in [6, 6.07) is 0.251. The van der Waals surface area contributed by atoms with E-state index in [0.29, 0.717) is 11.9 Å². The van der Waals surface area contributed by atoms with E-state index in [9.17, 15) is 4.79 Å². The summed E-state index contributed by atoms with van der Waals surface area (Å²) >= 11 is 0. The molecule has 94 valence electrons. The van der Waals surface area contributed by atoms with Crippen LogP contribution in [0.3, 0.4) is 0 Å². The van der Waals surface area contributed by atoms with Gasteiger partial charge in [0.1, 0.15) is 12.9 Å². The van der Waals surface area contributed by atoms with Gasteiger partial charge in [0.15, 0.2) is 5.82 Å². The van der Waals surface area contributed by atoms with Crippen LogP contribution in [-0.2, 0) is 11.3 Å². The smallest absolute Gasteiger partial charge is 0.244 e. The van der Waals surface area contributed by atoms with Crippen LogP contribution < -0.4 is 5.73 Å². The highest BCUT2D eigenvalue weighted by molar-refractivity contribution is 5.76. The fourth-order valence-corrected chi connectivity index (χ4v) is 1.85. The predicted molar refractivity (Wildman–Crippen MR) is 63.0 cm³/mol. The summed E-state index contributed by atoms with van der Waals surface area (Å²) in [6.45, 7) is 4.84. The standard InChI is InChI=1S/C11H19N5O/c1-3-16(9-4-5-9)10(17)6-15-7-13-11(14-15)8(2)12/h7-9H,3-6,12H2,1-2H3. The Labute approximate surface area is 101 Å². The molecule has 1 aromatic rings. The normalized spacial score (nSPS) is 16.9. The summed E-state index contributed by atoms with van der Waals surface area (Å²) in [5, 5.41) is 4.18. The van der Waals surface area contributed by atoms with E-state index in [1.807, 2.05) is 18.7 Å². The molecular weight excluding hydrogens is 218 g/mol. The molecule has 17 heavy (non-hydrogen) atoms. The van der Waals surface area contributed by atoms with Crippen molar-refractivity contribution in [3.05, 3.63) is 12.2 Å². The maximum atomic E-state index is 12.0. The van der Waals surface area contributed by atoms with Crippen LogP contribution in [0.5, 0.6) is 0 Å². The SMILES string of the molecule is CCN(C(=O)Cn1cnc(C(C)N)n1)C1CC1. The van der Waals surface area contributed by atoms with Crippen molar-refractivity contribution in [1.29, 1.82) is 0 Å². The molecular formula is C11H19N5O. The summed E-state index contributed by atoms with van der Waals surface area (Å²) in [5.41, 5.74) is 5.67. The monoisotopic (exact) mass is 237 g/mol. The zero-order valence-electron chi connectivity index (χ0n) is 10.3. The third kappa shape index (κ3) is 2.82. The van der Waals surface area contributed by atoms with E-state index in [4.69, 9.17) is 5.73 Å². The number of nitrogens with two attached hydrogens (primary N) is 1. The van der Waals surface area contributed by atoms with Gasteiger partial charge in [-0.3, -0.25) is 4.79 Å². The van der Waals surface area contributed by atoms with Gasteiger partial charge in [-0.15, -0.1) is 0 Å². The Balaban J connectivity index is 1.96. The first-order chi connectivity index (χ1) is 8.11. The lowest BCUT2D eigenvalue weighted by atomic mass is 10.3. The Morgan fingerprint density at radius 2 is 2.41 bits per heavy atom. The maximum Gasteiger partial charge on any atom is 0.244 e. The highest BCUT2D eigenvalue weighted by Crippen LogP contribution is 2.26. The second-order valence-electron chi connectivity index (χ2n) is 4.50. The van der Waals surface area contributed by atoms with E-state index in [2.05, 4.69) is 10.1 Å². The van der Waals surface area contributed by atoms with Crippen LogP contribution in [0.25, 0.3) is 0 Å². The van der Waals surface area contributed by atoms with Crippen molar-refractivity contribution in [2.75, 3.05) is 6.54 Å². The Morgan fingerprint density at radius 1 is 1.71 bits per heavy atom. The molecule has 2 N–H and O–H groups in total. The fraction of sp³-hybridized carbons (Fsp3) is 0.727. The van der Waals surface area contributed by atoms with E-state index in [0.717, 1.165) is 19.4 Å². The first kappa shape index (κ1) is 12.0. The van der Waals surface area contributed by atoms with Crippen LogP contribution in [0, 0.1) is 0 Å². The fourth-order valence-electron chi connectivity index (χ4n) is 1.85. The van der Waals surface area contributed by atoms with Crippen molar-refractivity contribution in [3.8, 4) is 0 Å². The van der Waals surface area contributed by atoms with Gasteiger partial charge in [0, 0.05) is 12.6 Å². The van der Waals surface area contributed by atoms with E-state index in [-0.39, 0.29) is 18.5 Å². The molecule has 1 aliphatic carbocycles. The third-order valence-electron chi connectivity index (χ3n) is 2.91. The molecule has 1 aliphatic rings. The maximum absolute atomic E-state index is 12.0. The molecule has 1 unspecified atom stereocenters. The van der Waals surface area contributed by atoms with Crippen molar-refractivity contribution in [1.82, 2.24) is 19.7 Å². The van der Waals surface area contributed by atoms with Gasteiger partial charge in [-0.1, -0.05) is 0 Å². The number of aromatic nitrogens is 3. The van der Waals surface area contributed by atoms with Crippen LogP contribution in [0.1, 0.15) is 38.6 Å². The quantitative estimate of drug-likeness (QED) is 0.799. The lowest BCUT2D eigenvalue weighted by Gasteiger charge is -2.19. The first-order valence-corrected chi connectivity index (χ1v) is 6.06. The van der Waals surface area contributed by atoms with Gasteiger partial charge in [-0.2, -0.15) is 5.10 Å². The number of nitrogens with zero attached hydrogens (tertiary/aromatic N) is 4. The lowest BCUT2D eigenvalue weighted by molar-refractivity contribution is -0.132. The molecule has 1 saturated carbocycles. The van der Waals surface area contributed by atoms with Crippen LogP contribution in [-0.4, -0.2) is 38.2 Å². The molecule has 2 rings (SSSR count). The van der Waals surface area contributed by atoms with Gasteiger partial charge >= 0.3 is 0 Å². The van der Waals surface area contributed by atoms with Crippen molar-refractivity contribution < 1.29 is 4.79 Å². The molecule has 1 atom stereocenters. The van der Waals surface area contributed by atoms with E-state index in [1.165, 1.54) is 0 Å². The molecule has 6 heteroatoms. The molecule has 1 fully saturated rings. The van der Waals surface area contributed by atoms with Crippen LogP contribution in [0.4, 0.5) is 0 Å². The van der Waals surface area contributed by atoms with E-state index in [1.54, 1.807) is 11.0 Å². The van der Waals surface area contributed by atoms with E-state index < -0.39 is 0 Å². The Morgan fingerprint density at radius 3 is 2.88 bits per heavy atom. The van der Waals surface area contributed by atoms with Crippen LogP contribution >= 0.6 is 0 Å². The molecule has 1 amide bonds. The second-order valence-corrected chi connectivity index (χ2v) is 4.50. The number of amides is 1. The molecule has 0 aromatic carbocycles. The molecule has 1 heterocycles. The number of hydrogen-bond acceptors (Lipinski definition) is 4. The summed E-state index contributed by atoms with van der Waals surface area (Å²) in [5.74, 6) is 0.684. The highest BCUT2D eigenvalue weighted by Gasteiger charge is 2.31. The lowest BCUT2D eigenvalue weighted by Crippen LogP contribution is -2.35. The zero-order valence-corrected chi connectivity index (χ0v) is 10.3. The Kier molecular flexibility index (Phi) is 3.42. The zero-order chi connectivity index (χ0) is 12.4. The first-order valence-electron chi connectivity index (χ1n) is 6.06. The summed E-state index contributed by atoms with van der Waals surface area (Å²) in [4.78, 5) is 18.0. The molecule has 0 aliphatic heterocycles. The largest absolute Gasteiger partial charge is 0.338 e. The minimum atomic E-state index is -0.197. The topological polar surface area (TPSA) is 77.0 Å². The average Bonchev–Trinajstić information content (AvgIpc) is 2.98.